The molecule has 1 aliphatic carbocycles. The van der Waals surface area contributed by atoms with E-state index in [9.17, 15) is 10.1 Å². The first-order valence-electron chi connectivity index (χ1n) is 7.77. The highest BCUT2D eigenvalue weighted by molar-refractivity contribution is 9.10. The number of nitriles is 1. The summed E-state index contributed by atoms with van der Waals surface area (Å²) in [6.07, 6.45) is 3.70. The van der Waals surface area contributed by atoms with E-state index in [1.54, 1.807) is 12.1 Å². The summed E-state index contributed by atoms with van der Waals surface area (Å²) in [5, 5.41) is 12.4. The predicted octanol–water partition coefficient (Wildman–Crippen LogP) is 4.02. The molecule has 120 valence electrons. The van der Waals surface area contributed by atoms with Gasteiger partial charge in [0.25, 0.3) is 5.91 Å². The van der Waals surface area contributed by atoms with E-state index in [0.717, 1.165) is 18.4 Å². The zero-order chi connectivity index (χ0) is 16.9. The molecule has 2 aromatic rings. The molecular formula is C19H16BrN3O. The normalized spacial score (nSPS) is 15.4. The third-order valence-electron chi connectivity index (χ3n) is 3.93. The molecule has 1 heterocycles. The first kappa shape index (κ1) is 16.4. The lowest BCUT2D eigenvalue weighted by Gasteiger charge is -2.18. The van der Waals surface area contributed by atoms with E-state index in [2.05, 4.69) is 26.2 Å². The Labute approximate surface area is 149 Å². The second kappa shape index (κ2) is 7.41. The molecular weight excluding hydrogens is 366 g/mol. The van der Waals surface area contributed by atoms with E-state index >= 15 is 0 Å². The summed E-state index contributed by atoms with van der Waals surface area (Å²) in [7, 11) is 0. The Kier molecular flexibility index (Phi) is 5.07. The predicted molar refractivity (Wildman–Crippen MR) is 95.6 cm³/mol. The number of carbonyl (C=O) groups excluding carboxylic acids is 1. The van der Waals surface area contributed by atoms with Gasteiger partial charge in [0.1, 0.15) is 16.2 Å². The lowest BCUT2D eigenvalue weighted by molar-refractivity contribution is -0.117. The van der Waals surface area contributed by atoms with Crippen molar-refractivity contribution in [3.63, 3.8) is 0 Å². The van der Waals surface area contributed by atoms with Gasteiger partial charge in [-0.15, -0.1) is 0 Å². The number of nitrogens with one attached hydrogen (secondary N) is 1. The van der Waals surface area contributed by atoms with Gasteiger partial charge in [0.15, 0.2) is 0 Å². The van der Waals surface area contributed by atoms with Crippen LogP contribution in [0.4, 0.5) is 0 Å². The number of hydrogen-bond acceptors (Lipinski definition) is 3. The molecule has 4 nitrogen and oxygen atoms in total. The Morgan fingerprint density at radius 2 is 2.00 bits per heavy atom. The number of amides is 1. The largest absolute Gasteiger partial charge is 0.344 e. The van der Waals surface area contributed by atoms with Crippen LogP contribution < -0.4 is 5.32 Å². The lowest BCUT2D eigenvalue weighted by atomic mass is 10.0. The molecule has 1 atom stereocenters. The van der Waals surface area contributed by atoms with Crippen LogP contribution in [0.1, 0.15) is 30.1 Å². The maximum Gasteiger partial charge on any atom is 0.262 e. The van der Waals surface area contributed by atoms with Crippen LogP contribution in [0.3, 0.4) is 0 Å². The highest BCUT2D eigenvalue weighted by atomic mass is 79.9. The van der Waals surface area contributed by atoms with Gasteiger partial charge in [-0.2, -0.15) is 5.26 Å². The first-order valence-corrected chi connectivity index (χ1v) is 8.57. The number of carbonyl (C=O) groups is 1. The minimum absolute atomic E-state index is 0.0501. The van der Waals surface area contributed by atoms with Gasteiger partial charge >= 0.3 is 0 Å². The molecule has 1 amide bonds. The van der Waals surface area contributed by atoms with Gasteiger partial charge in [0.05, 0.1) is 11.7 Å². The summed E-state index contributed by atoms with van der Waals surface area (Å²) in [6.45, 7) is 0. The summed E-state index contributed by atoms with van der Waals surface area (Å²) >= 11 is 3.29. The number of benzene rings is 1. The van der Waals surface area contributed by atoms with Crippen LogP contribution in [0.15, 0.2) is 58.7 Å². The number of halogens is 1. The van der Waals surface area contributed by atoms with E-state index in [1.807, 2.05) is 42.5 Å². The summed E-state index contributed by atoms with van der Waals surface area (Å²) in [5.74, 6) is 0.0836. The fourth-order valence-electron chi connectivity index (χ4n) is 2.58. The molecule has 0 spiro atoms. The van der Waals surface area contributed by atoms with Gasteiger partial charge in [-0.25, -0.2) is 4.98 Å². The molecule has 3 rings (SSSR count). The molecule has 1 aliphatic rings. The Hall–Kier alpha value is -2.45. The highest BCUT2D eigenvalue weighted by Gasteiger charge is 2.33. The fraction of sp³-hybridized carbons (Fsp3) is 0.211. The smallest absolute Gasteiger partial charge is 0.262 e. The molecule has 0 unspecified atom stereocenters. The fourth-order valence-corrected chi connectivity index (χ4v) is 2.94. The van der Waals surface area contributed by atoms with Gasteiger partial charge in [0.2, 0.25) is 0 Å². The van der Waals surface area contributed by atoms with Crippen molar-refractivity contribution in [1.29, 1.82) is 5.26 Å². The Bertz CT molecular complexity index is 807. The maximum atomic E-state index is 12.5. The highest BCUT2D eigenvalue weighted by Crippen LogP contribution is 2.41. The third kappa shape index (κ3) is 4.09. The molecule has 1 aromatic heterocycles. The molecule has 1 aromatic carbocycles. The van der Waals surface area contributed by atoms with Gasteiger partial charge in [-0.1, -0.05) is 36.4 Å². The average molecular weight is 382 g/mol. The Morgan fingerprint density at radius 3 is 2.62 bits per heavy atom. The number of hydrogen-bond donors (Lipinski definition) is 1. The van der Waals surface area contributed by atoms with Gasteiger partial charge in [-0.3, -0.25) is 4.79 Å². The monoisotopic (exact) mass is 381 g/mol. The van der Waals surface area contributed by atoms with Gasteiger partial charge in [0, 0.05) is 0 Å². The van der Waals surface area contributed by atoms with Crippen molar-refractivity contribution < 1.29 is 4.79 Å². The van der Waals surface area contributed by atoms with Crippen LogP contribution in [-0.2, 0) is 4.79 Å². The van der Waals surface area contributed by atoms with E-state index in [1.165, 1.54) is 6.08 Å². The van der Waals surface area contributed by atoms with E-state index in [0.29, 0.717) is 16.2 Å². The molecule has 1 fully saturated rings. The lowest BCUT2D eigenvalue weighted by Crippen LogP contribution is -2.30. The van der Waals surface area contributed by atoms with Crippen molar-refractivity contribution in [3.05, 3.63) is 70.0 Å². The van der Waals surface area contributed by atoms with Crippen molar-refractivity contribution in [3.8, 4) is 6.07 Å². The van der Waals surface area contributed by atoms with Crippen molar-refractivity contribution in [2.75, 3.05) is 0 Å². The minimum Gasteiger partial charge on any atom is -0.344 e. The summed E-state index contributed by atoms with van der Waals surface area (Å²) in [5.41, 5.74) is 1.70. The molecule has 1 saturated carbocycles. The first-order chi connectivity index (χ1) is 11.7. The quantitative estimate of drug-likeness (QED) is 0.483. The minimum atomic E-state index is -0.361. The summed E-state index contributed by atoms with van der Waals surface area (Å²) < 4.78 is 0.661. The molecule has 0 radical (unpaired) electrons. The van der Waals surface area contributed by atoms with Crippen molar-refractivity contribution in [2.45, 2.75) is 18.9 Å². The Morgan fingerprint density at radius 1 is 1.25 bits per heavy atom. The number of nitrogens with zero attached hydrogens (tertiary/aromatic N) is 2. The van der Waals surface area contributed by atoms with Crippen molar-refractivity contribution in [1.82, 2.24) is 10.3 Å². The molecule has 1 N–H and O–H groups in total. The van der Waals surface area contributed by atoms with Crippen LogP contribution in [0.25, 0.3) is 6.08 Å². The molecule has 24 heavy (non-hydrogen) atoms. The number of rotatable bonds is 5. The SMILES string of the molecule is N#C/C(=C\c1cccc(Br)n1)C(=O)N[C@H](c1ccccc1)C1CC1. The van der Waals surface area contributed by atoms with Crippen LogP contribution in [0, 0.1) is 17.2 Å². The summed E-state index contributed by atoms with van der Waals surface area (Å²) in [4.78, 5) is 16.8. The topological polar surface area (TPSA) is 65.8 Å². The standard InChI is InChI=1S/C19H16BrN3O/c20-17-8-4-7-16(22-17)11-15(12-21)19(24)23-18(14-9-10-14)13-5-2-1-3-6-13/h1-8,11,14,18H,9-10H2,(H,23,24)/b15-11+/t18-/m1/s1. The van der Waals surface area contributed by atoms with Crippen LogP contribution >= 0.6 is 15.9 Å². The molecule has 5 heteroatoms. The molecule has 0 bridgehead atoms. The second-order valence-electron chi connectivity index (χ2n) is 5.75. The maximum absolute atomic E-state index is 12.5. The van der Waals surface area contributed by atoms with Crippen molar-refractivity contribution in [2.24, 2.45) is 5.92 Å². The average Bonchev–Trinajstić information content (AvgIpc) is 3.43. The number of pyridine rings is 1. The zero-order valence-electron chi connectivity index (χ0n) is 12.9. The van der Waals surface area contributed by atoms with Crippen LogP contribution in [-0.4, -0.2) is 10.9 Å². The second-order valence-corrected chi connectivity index (χ2v) is 6.57. The van der Waals surface area contributed by atoms with Crippen LogP contribution in [0.5, 0.6) is 0 Å². The molecule has 0 saturated heterocycles. The number of aromatic nitrogens is 1. The van der Waals surface area contributed by atoms with Crippen molar-refractivity contribution >= 4 is 27.9 Å². The van der Waals surface area contributed by atoms with Gasteiger partial charge in [-0.05, 0) is 58.5 Å². The molecule has 0 aliphatic heterocycles. The summed E-state index contributed by atoms with van der Waals surface area (Å²) in [6, 6.07) is 17.2. The van der Waals surface area contributed by atoms with Gasteiger partial charge < -0.3 is 5.32 Å². The van der Waals surface area contributed by atoms with E-state index in [4.69, 9.17) is 0 Å². The van der Waals surface area contributed by atoms with Crippen LogP contribution in [0.2, 0.25) is 0 Å². The van der Waals surface area contributed by atoms with E-state index < -0.39 is 0 Å². The third-order valence-corrected chi connectivity index (χ3v) is 4.37. The zero-order valence-corrected chi connectivity index (χ0v) is 14.5. The Balaban J connectivity index is 1.80. The van der Waals surface area contributed by atoms with E-state index in [-0.39, 0.29) is 17.5 Å².